The van der Waals surface area contributed by atoms with Crippen LogP contribution in [0.15, 0.2) is 66.7 Å². The summed E-state index contributed by atoms with van der Waals surface area (Å²) in [5.41, 5.74) is 8.05. The van der Waals surface area contributed by atoms with Gasteiger partial charge in [0.05, 0.1) is 13.7 Å². The number of rotatable bonds is 4. The number of hydrogen-bond donors (Lipinski definition) is 0. The van der Waals surface area contributed by atoms with Crippen LogP contribution >= 0.6 is 0 Å². The van der Waals surface area contributed by atoms with Crippen LogP contribution in [0, 0.1) is 24.7 Å². The lowest BCUT2D eigenvalue weighted by atomic mass is 9.85. The summed E-state index contributed by atoms with van der Waals surface area (Å²) in [5, 5.41) is 0. The molecule has 0 amide bonds. The smallest absolute Gasteiger partial charge is 0.150 e. The van der Waals surface area contributed by atoms with E-state index in [1.54, 1.807) is 7.11 Å². The number of fused-ring (bicyclic) bond motifs is 1. The maximum Gasteiger partial charge on any atom is 0.150 e. The standard InChI is InChI=1S/C32H33NO2/c1-22-10-15-30-29(19-22)24(3)31(27-8-5-9-28(20-27)34-4)32(35-30)26-13-11-25(12-14-26)7-6-17-33-18-16-23(2)21-33/h5,8-15,19-20,23,32H,16-18,21H2,1-4H3/t23-,32?/m1/s1. The SMILES string of the molecule is COc1cccc(C2=C(C)c3cc(C)ccc3OC2c2ccc(C#CCN3CC[C@@H](C)C3)cc2)c1. The average molecular weight is 464 g/mol. The van der Waals surface area contributed by atoms with Gasteiger partial charge in [-0.1, -0.05) is 54.7 Å². The molecule has 1 unspecified atom stereocenters. The highest BCUT2D eigenvalue weighted by atomic mass is 16.5. The minimum Gasteiger partial charge on any atom is -0.497 e. The molecule has 178 valence electrons. The Morgan fingerprint density at radius 1 is 1.03 bits per heavy atom. The van der Waals surface area contributed by atoms with Crippen LogP contribution in [0.25, 0.3) is 11.1 Å². The minimum atomic E-state index is -0.203. The Labute approximate surface area is 209 Å². The molecular formula is C32H33NO2. The summed E-state index contributed by atoms with van der Waals surface area (Å²) in [6, 6.07) is 23.2. The fourth-order valence-corrected chi connectivity index (χ4v) is 5.13. The number of methoxy groups -OCH3 is 1. The van der Waals surface area contributed by atoms with Gasteiger partial charge in [0.15, 0.2) is 0 Å². The number of hydrogen-bond acceptors (Lipinski definition) is 3. The van der Waals surface area contributed by atoms with Gasteiger partial charge in [0.25, 0.3) is 0 Å². The molecule has 5 rings (SSSR count). The van der Waals surface area contributed by atoms with Crippen molar-refractivity contribution in [2.24, 2.45) is 5.92 Å². The number of ether oxygens (including phenoxy) is 2. The quantitative estimate of drug-likeness (QED) is 0.399. The highest BCUT2D eigenvalue weighted by molar-refractivity contribution is 5.95. The number of likely N-dealkylation sites (tertiary alicyclic amines) is 1. The minimum absolute atomic E-state index is 0.203. The maximum absolute atomic E-state index is 6.64. The van der Waals surface area contributed by atoms with Crippen molar-refractivity contribution in [2.75, 3.05) is 26.7 Å². The first-order chi connectivity index (χ1) is 17.0. The summed E-state index contributed by atoms with van der Waals surface area (Å²) in [7, 11) is 1.71. The second-order valence-electron chi connectivity index (χ2n) is 9.82. The largest absolute Gasteiger partial charge is 0.497 e. The number of benzene rings is 3. The van der Waals surface area contributed by atoms with Crippen LogP contribution in [0.3, 0.4) is 0 Å². The molecule has 1 saturated heterocycles. The number of aryl methyl sites for hydroxylation is 1. The van der Waals surface area contributed by atoms with E-state index in [-0.39, 0.29) is 6.10 Å². The van der Waals surface area contributed by atoms with Crippen LogP contribution in [0.4, 0.5) is 0 Å². The van der Waals surface area contributed by atoms with Crippen molar-refractivity contribution in [3.63, 3.8) is 0 Å². The third kappa shape index (κ3) is 4.99. The average Bonchev–Trinajstić information content (AvgIpc) is 3.29. The van der Waals surface area contributed by atoms with Gasteiger partial charge in [-0.15, -0.1) is 0 Å². The summed E-state index contributed by atoms with van der Waals surface area (Å²) in [6.45, 7) is 9.79. The molecule has 0 N–H and O–H groups in total. The monoisotopic (exact) mass is 463 g/mol. The first kappa shape index (κ1) is 23.3. The van der Waals surface area contributed by atoms with Gasteiger partial charge in [0.1, 0.15) is 17.6 Å². The summed E-state index contributed by atoms with van der Waals surface area (Å²) in [5.74, 6) is 9.26. The van der Waals surface area contributed by atoms with E-state index < -0.39 is 0 Å². The molecule has 35 heavy (non-hydrogen) atoms. The maximum atomic E-state index is 6.64. The van der Waals surface area contributed by atoms with Crippen molar-refractivity contribution in [2.45, 2.75) is 33.3 Å². The van der Waals surface area contributed by atoms with Gasteiger partial charge in [-0.2, -0.15) is 0 Å². The molecule has 0 saturated carbocycles. The Morgan fingerprint density at radius 3 is 2.60 bits per heavy atom. The van der Waals surface area contributed by atoms with Gasteiger partial charge in [-0.05, 0) is 85.8 Å². The predicted octanol–water partition coefficient (Wildman–Crippen LogP) is 6.76. The van der Waals surface area contributed by atoms with Gasteiger partial charge in [-0.3, -0.25) is 4.90 Å². The van der Waals surface area contributed by atoms with Crippen LogP contribution in [0.2, 0.25) is 0 Å². The lowest BCUT2D eigenvalue weighted by Gasteiger charge is -2.31. The molecule has 3 nitrogen and oxygen atoms in total. The summed E-state index contributed by atoms with van der Waals surface area (Å²) >= 11 is 0. The zero-order valence-corrected chi connectivity index (χ0v) is 21.1. The molecule has 2 aliphatic heterocycles. The van der Waals surface area contributed by atoms with E-state index in [2.05, 4.69) is 92.1 Å². The fraction of sp³-hybridized carbons (Fsp3) is 0.312. The Hall–Kier alpha value is -3.48. The lowest BCUT2D eigenvalue weighted by Crippen LogP contribution is -2.20. The summed E-state index contributed by atoms with van der Waals surface area (Å²) in [6.07, 6.45) is 1.08. The van der Waals surface area contributed by atoms with Crippen LogP contribution in [-0.4, -0.2) is 31.6 Å². The second kappa shape index (κ2) is 10.0. The topological polar surface area (TPSA) is 21.7 Å². The fourth-order valence-electron chi connectivity index (χ4n) is 5.13. The first-order valence-electron chi connectivity index (χ1n) is 12.5. The lowest BCUT2D eigenvalue weighted by molar-refractivity contribution is 0.260. The van der Waals surface area contributed by atoms with Gasteiger partial charge in [-0.25, -0.2) is 0 Å². The van der Waals surface area contributed by atoms with Crippen molar-refractivity contribution in [1.29, 1.82) is 0 Å². The van der Waals surface area contributed by atoms with E-state index in [0.29, 0.717) is 0 Å². The first-order valence-corrected chi connectivity index (χ1v) is 12.5. The van der Waals surface area contributed by atoms with Crippen LogP contribution < -0.4 is 9.47 Å². The Morgan fingerprint density at radius 2 is 1.86 bits per heavy atom. The van der Waals surface area contributed by atoms with E-state index in [4.69, 9.17) is 9.47 Å². The van der Waals surface area contributed by atoms with E-state index in [9.17, 15) is 0 Å². The highest BCUT2D eigenvalue weighted by Gasteiger charge is 2.29. The van der Waals surface area contributed by atoms with E-state index in [1.807, 2.05) is 12.1 Å². The molecule has 2 aliphatic rings. The molecule has 2 heterocycles. The van der Waals surface area contributed by atoms with Crippen LogP contribution in [0.5, 0.6) is 11.5 Å². The molecule has 0 aliphatic carbocycles. The molecule has 0 radical (unpaired) electrons. The van der Waals surface area contributed by atoms with Crippen molar-refractivity contribution in [1.82, 2.24) is 4.90 Å². The molecule has 3 aromatic rings. The van der Waals surface area contributed by atoms with Crippen molar-refractivity contribution >= 4 is 11.1 Å². The zero-order chi connectivity index (χ0) is 24.4. The van der Waals surface area contributed by atoms with Crippen LogP contribution in [0.1, 0.15) is 54.2 Å². The molecule has 0 spiro atoms. The van der Waals surface area contributed by atoms with Crippen molar-refractivity contribution in [3.8, 4) is 23.3 Å². The normalized spacial score (nSPS) is 19.5. The number of nitrogens with zero attached hydrogens (tertiary/aromatic N) is 1. The second-order valence-corrected chi connectivity index (χ2v) is 9.82. The molecular weight excluding hydrogens is 430 g/mol. The third-order valence-electron chi connectivity index (χ3n) is 7.09. The van der Waals surface area contributed by atoms with Crippen molar-refractivity contribution < 1.29 is 9.47 Å². The summed E-state index contributed by atoms with van der Waals surface area (Å²) < 4.78 is 12.2. The molecule has 3 aromatic carbocycles. The highest BCUT2D eigenvalue weighted by Crippen LogP contribution is 2.47. The summed E-state index contributed by atoms with van der Waals surface area (Å²) in [4.78, 5) is 2.44. The van der Waals surface area contributed by atoms with Gasteiger partial charge < -0.3 is 9.47 Å². The zero-order valence-electron chi connectivity index (χ0n) is 21.1. The predicted molar refractivity (Wildman–Crippen MR) is 144 cm³/mol. The van der Waals surface area contributed by atoms with Gasteiger partial charge in [0.2, 0.25) is 0 Å². The van der Waals surface area contributed by atoms with Crippen molar-refractivity contribution in [3.05, 3.63) is 94.5 Å². The number of allylic oxidation sites excluding steroid dienone is 1. The molecule has 2 atom stereocenters. The Kier molecular flexibility index (Phi) is 6.66. The Bertz CT molecular complexity index is 1310. The third-order valence-corrected chi connectivity index (χ3v) is 7.09. The van der Waals surface area contributed by atoms with E-state index >= 15 is 0 Å². The van der Waals surface area contributed by atoms with Crippen LogP contribution in [-0.2, 0) is 0 Å². The molecule has 1 fully saturated rings. The molecule has 0 bridgehead atoms. The van der Waals surface area contributed by atoms with Gasteiger partial charge >= 0.3 is 0 Å². The van der Waals surface area contributed by atoms with E-state index in [0.717, 1.165) is 59.3 Å². The van der Waals surface area contributed by atoms with Gasteiger partial charge in [0, 0.05) is 23.2 Å². The van der Waals surface area contributed by atoms with E-state index in [1.165, 1.54) is 23.1 Å². The Balaban J connectivity index is 1.47. The molecule has 3 heteroatoms. The molecule has 0 aromatic heterocycles.